The number of amides is 2. The van der Waals surface area contributed by atoms with Crippen LogP contribution in [0.4, 0.5) is 5.69 Å². The summed E-state index contributed by atoms with van der Waals surface area (Å²) in [5.74, 6) is -0.193. The smallest absolute Gasteiger partial charge is 0.244 e. The zero-order valence-electron chi connectivity index (χ0n) is 18.4. The van der Waals surface area contributed by atoms with Crippen LogP contribution in [0.1, 0.15) is 47.3 Å². The van der Waals surface area contributed by atoms with E-state index >= 15 is 0 Å². The first-order valence-electron chi connectivity index (χ1n) is 10.7. The van der Waals surface area contributed by atoms with Gasteiger partial charge in [0.05, 0.1) is 18.3 Å². The second-order valence-corrected chi connectivity index (χ2v) is 8.90. The maximum Gasteiger partial charge on any atom is 0.244 e. The highest BCUT2D eigenvalue weighted by molar-refractivity contribution is 6.31. The van der Waals surface area contributed by atoms with E-state index in [2.05, 4.69) is 15.7 Å². The number of fused-ring (bicyclic) bond motifs is 1. The largest absolute Gasteiger partial charge is 0.346 e. The normalized spacial score (nSPS) is 14.1. The average molecular weight is 483 g/mol. The number of carbonyl (C=O) groups is 2. The molecule has 0 saturated heterocycles. The van der Waals surface area contributed by atoms with Gasteiger partial charge in [0.25, 0.3) is 0 Å². The molecule has 1 aliphatic heterocycles. The fourth-order valence-corrected chi connectivity index (χ4v) is 4.22. The minimum absolute atomic E-state index is 0.0344. The van der Waals surface area contributed by atoms with Crippen molar-refractivity contribution in [1.82, 2.24) is 15.1 Å². The van der Waals surface area contributed by atoms with Crippen molar-refractivity contribution < 1.29 is 9.59 Å². The van der Waals surface area contributed by atoms with Gasteiger partial charge < -0.3 is 10.6 Å². The Hall–Kier alpha value is -3.09. The van der Waals surface area contributed by atoms with Gasteiger partial charge >= 0.3 is 0 Å². The standard InChI is InChI=1S/C25H24Cl2N4O2/c1-15(18-5-10-22-19(13-18)6-11-24(33)29-22)28-23(32)12-9-21-16(2)30-31(25(21)27)14-17-3-7-20(26)8-4-17/h3-5,7-10,12-13,15H,6,11,14H2,1-2H3,(H,28,32)(H,29,33)/b12-9+. The van der Waals surface area contributed by atoms with Crippen molar-refractivity contribution in [2.24, 2.45) is 0 Å². The summed E-state index contributed by atoms with van der Waals surface area (Å²) in [4.78, 5) is 24.1. The molecule has 170 valence electrons. The number of aromatic nitrogens is 2. The first kappa shape index (κ1) is 23.1. The summed E-state index contributed by atoms with van der Waals surface area (Å²) >= 11 is 12.5. The molecule has 2 N–H and O–H groups in total. The number of nitrogens with one attached hydrogen (secondary N) is 2. The molecule has 6 nitrogen and oxygen atoms in total. The molecule has 0 spiro atoms. The minimum atomic E-state index is -0.227. The van der Waals surface area contributed by atoms with Crippen LogP contribution in [0.25, 0.3) is 6.08 Å². The number of benzene rings is 2. The molecule has 0 fully saturated rings. The Bertz CT molecular complexity index is 1230. The van der Waals surface area contributed by atoms with Gasteiger partial charge in [-0.25, -0.2) is 4.68 Å². The quantitative estimate of drug-likeness (QED) is 0.466. The second kappa shape index (κ2) is 9.81. The monoisotopic (exact) mass is 482 g/mol. The first-order chi connectivity index (χ1) is 15.8. The lowest BCUT2D eigenvalue weighted by molar-refractivity contribution is -0.117. The van der Waals surface area contributed by atoms with Crippen LogP contribution in [0.15, 0.2) is 48.5 Å². The summed E-state index contributed by atoms with van der Waals surface area (Å²) in [5.41, 5.74) is 5.38. The maximum absolute atomic E-state index is 12.5. The zero-order chi connectivity index (χ0) is 23.5. The van der Waals surface area contributed by atoms with Gasteiger partial charge in [0.1, 0.15) is 5.15 Å². The molecule has 1 aromatic heterocycles. The third-order valence-electron chi connectivity index (χ3n) is 5.64. The van der Waals surface area contributed by atoms with Crippen molar-refractivity contribution >= 4 is 46.8 Å². The molecule has 33 heavy (non-hydrogen) atoms. The highest BCUT2D eigenvalue weighted by atomic mass is 35.5. The van der Waals surface area contributed by atoms with Crippen LogP contribution in [-0.4, -0.2) is 21.6 Å². The maximum atomic E-state index is 12.5. The Balaban J connectivity index is 1.42. The molecule has 2 amide bonds. The Morgan fingerprint density at radius 3 is 2.73 bits per heavy atom. The van der Waals surface area contributed by atoms with Gasteiger partial charge in [-0.05, 0) is 61.2 Å². The number of hydrogen-bond acceptors (Lipinski definition) is 3. The molecule has 0 saturated carbocycles. The lowest BCUT2D eigenvalue weighted by Gasteiger charge is -2.20. The van der Waals surface area contributed by atoms with E-state index in [0.29, 0.717) is 35.1 Å². The lowest BCUT2D eigenvalue weighted by Crippen LogP contribution is -2.25. The summed E-state index contributed by atoms with van der Waals surface area (Å²) in [5, 5.41) is 11.5. The van der Waals surface area contributed by atoms with Gasteiger partial charge in [0, 0.05) is 28.8 Å². The molecule has 3 aromatic rings. The number of anilines is 1. The fraction of sp³-hybridized carbons (Fsp3) is 0.240. The second-order valence-electron chi connectivity index (χ2n) is 8.10. The summed E-state index contributed by atoms with van der Waals surface area (Å²) in [6, 6.07) is 13.2. The van der Waals surface area contributed by atoms with Crippen molar-refractivity contribution in [3.8, 4) is 0 Å². The van der Waals surface area contributed by atoms with Crippen LogP contribution in [0.3, 0.4) is 0 Å². The van der Waals surface area contributed by atoms with E-state index in [1.165, 1.54) is 6.08 Å². The van der Waals surface area contributed by atoms with Gasteiger partial charge in [0.2, 0.25) is 11.8 Å². The van der Waals surface area contributed by atoms with Crippen molar-refractivity contribution in [3.63, 3.8) is 0 Å². The topological polar surface area (TPSA) is 76.0 Å². The molecule has 0 aliphatic carbocycles. The summed E-state index contributed by atoms with van der Waals surface area (Å²) in [6.07, 6.45) is 4.34. The third-order valence-corrected chi connectivity index (χ3v) is 6.29. The van der Waals surface area contributed by atoms with Crippen molar-refractivity contribution in [3.05, 3.63) is 86.7 Å². The Morgan fingerprint density at radius 1 is 1.21 bits per heavy atom. The minimum Gasteiger partial charge on any atom is -0.346 e. The van der Waals surface area contributed by atoms with Gasteiger partial charge in [-0.3, -0.25) is 9.59 Å². The van der Waals surface area contributed by atoms with Crippen LogP contribution < -0.4 is 10.6 Å². The molecule has 1 aliphatic rings. The third kappa shape index (κ3) is 5.46. The van der Waals surface area contributed by atoms with Gasteiger partial charge in [-0.2, -0.15) is 5.10 Å². The summed E-state index contributed by atoms with van der Waals surface area (Å²) in [7, 11) is 0. The number of nitrogens with zero attached hydrogens (tertiary/aromatic N) is 2. The van der Waals surface area contributed by atoms with E-state index in [1.54, 1.807) is 10.8 Å². The summed E-state index contributed by atoms with van der Waals surface area (Å²) < 4.78 is 1.70. The van der Waals surface area contributed by atoms with E-state index < -0.39 is 0 Å². The number of carbonyl (C=O) groups excluding carboxylic acids is 2. The predicted molar refractivity (Wildman–Crippen MR) is 132 cm³/mol. The van der Waals surface area contributed by atoms with Gasteiger partial charge in [0.15, 0.2) is 0 Å². The molecule has 1 unspecified atom stereocenters. The molecule has 8 heteroatoms. The molecule has 0 bridgehead atoms. The molecule has 2 heterocycles. The van der Waals surface area contributed by atoms with Crippen LogP contribution in [0.5, 0.6) is 0 Å². The fourth-order valence-electron chi connectivity index (χ4n) is 3.80. The van der Waals surface area contributed by atoms with Crippen molar-refractivity contribution in [2.45, 2.75) is 39.3 Å². The molecule has 0 radical (unpaired) electrons. The van der Waals surface area contributed by atoms with E-state index in [-0.39, 0.29) is 17.9 Å². The van der Waals surface area contributed by atoms with Crippen LogP contribution in [-0.2, 0) is 22.6 Å². The van der Waals surface area contributed by atoms with Crippen molar-refractivity contribution in [1.29, 1.82) is 0 Å². The van der Waals surface area contributed by atoms with Gasteiger partial charge in [-0.1, -0.05) is 47.5 Å². The van der Waals surface area contributed by atoms with Crippen LogP contribution >= 0.6 is 23.2 Å². The van der Waals surface area contributed by atoms with E-state index in [4.69, 9.17) is 23.2 Å². The SMILES string of the molecule is Cc1nn(Cc2ccc(Cl)cc2)c(Cl)c1/C=C/C(=O)NC(C)c1ccc2c(c1)CCC(=O)N2. The molecule has 4 rings (SSSR count). The average Bonchev–Trinajstić information content (AvgIpc) is 3.05. The highest BCUT2D eigenvalue weighted by Crippen LogP contribution is 2.26. The van der Waals surface area contributed by atoms with E-state index in [9.17, 15) is 9.59 Å². The van der Waals surface area contributed by atoms with E-state index in [0.717, 1.165) is 28.1 Å². The number of hydrogen-bond donors (Lipinski definition) is 2. The van der Waals surface area contributed by atoms with Gasteiger partial charge in [-0.15, -0.1) is 0 Å². The van der Waals surface area contributed by atoms with Crippen LogP contribution in [0.2, 0.25) is 10.2 Å². The lowest BCUT2D eigenvalue weighted by atomic mass is 9.98. The number of rotatable bonds is 6. The highest BCUT2D eigenvalue weighted by Gasteiger charge is 2.17. The van der Waals surface area contributed by atoms with Crippen LogP contribution in [0, 0.1) is 6.92 Å². The first-order valence-corrected chi connectivity index (χ1v) is 11.4. The molecule has 2 aromatic carbocycles. The molecule has 1 atom stereocenters. The number of aryl methyl sites for hydroxylation is 2. The Kier molecular flexibility index (Phi) is 6.86. The Labute approximate surface area is 202 Å². The number of halogens is 2. The molecular weight excluding hydrogens is 459 g/mol. The van der Waals surface area contributed by atoms with E-state index in [1.807, 2.05) is 56.3 Å². The Morgan fingerprint density at radius 2 is 1.97 bits per heavy atom. The molecular formula is C25H24Cl2N4O2. The zero-order valence-corrected chi connectivity index (χ0v) is 19.9. The predicted octanol–water partition coefficient (Wildman–Crippen LogP) is 5.32. The summed E-state index contributed by atoms with van der Waals surface area (Å²) in [6.45, 7) is 4.29. The van der Waals surface area contributed by atoms with Crippen molar-refractivity contribution in [2.75, 3.05) is 5.32 Å².